The van der Waals surface area contributed by atoms with Gasteiger partial charge in [-0.3, -0.25) is 9.59 Å². The van der Waals surface area contributed by atoms with Gasteiger partial charge in [-0.1, -0.05) is 11.6 Å². The van der Waals surface area contributed by atoms with E-state index in [4.69, 9.17) is 20.8 Å². The molecule has 1 atom stereocenters. The highest BCUT2D eigenvalue weighted by Gasteiger charge is 2.31. The molecule has 3 rings (SSSR count). The van der Waals surface area contributed by atoms with Crippen molar-refractivity contribution in [3.63, 3.8) is 0 Å². The number of hydrogen-bond acceptors (Lipinski definition) is 4. The number of nitrogens with zero attached hydrogens (tertiary/aromatic N) is 1. The van der Waals surface area contributed by atoms with Crippen LogP contribution in [0.25, 0.3) is 0 Å². The number of ketones is 1. The first-order chi connectivity index (χ1) is 12.0. The minimum atomic E-state index is -0.214. The summed E-state index contributed by atoms with van der Waals surface area (Å²) < 4.78 is 10.3. The van der Waals surface area contributed by atoms with Crippen LogP contribution < -0.4 is 4.74 Å². The summed E-state index contributed by atoms with van der Waals surface area (Å²) in [6, 6.07) is 8.48. The first kappa shape index (κ1) is 17.5. The smallest absolute Gasteiger partial charge is 0.289 e. The SMILES string of the molecule is COc1ccc(C(=O)N2CCC[C@@H](C(=O)c3ccc(Cl)cc3C)C2)o1. The second kappa shape index (κ2) is 7.31. The Labute approximate surface area is 151 Å². The summed E-state index contributed by atoms with van der Waals surface area (Å²) in [6.07, 6.45) is 1.55. The monoisotopic (exact) mass is 361 g/mol. The molecule has 0 radical (unpaired) electrons. The first-order valence-electron chi connectivity index (χ1n) is 8.23. The van der Waals surface area contributed by atoms with E-state index in [0.29, 0.717) is 29.6 Å². The third-order valence-corrected chi connectivity index (χ3v) is 4.76. The fourth-order valence-electron chi connectivity index (χ4n) is 3.20. The average Bonchev–Trinajstić information content (AvgIpc) is 3.10. The zero-order chi connectivity index (χ0) is 18.0. The van der Waals surface area contributed by atoms with E-state index in [-0.39, 0.29) is 23.4 Å². The highest BCUT2D eigenvalue weighted by molar-refractivity contribution is 6.30. The molecule has 0 spiro atoms. The van der Waals surface area contributed by atoms with E-state index in [2.05, 4.69) is 0 Å². The van der Waals surface area contributed by atoms with Gasteiger partial charge < -0.3 is 14.1 Å². The topological polar surface area (TPSA) is 59.8 Å². The number of benzene rings is 1. The highest BCUT2D eigenvalue weighted by atomic mass is 35.5. The Hall–Kier alpha value is -2.27. The predicted octanol–water partition coefficient (Wildman–Crippen LogP) is 3.99. The second-order valence-corrected chi connectivity index (χ2v) is 6.67. The number of rotatable bonds is 4. The van der Waals surface area contributed by atoms with Gasteiger partial charge in [-0.15, -0.1) is 0 Å². The second-order valence-electron chi connectivity index (χ2n) is 6.24. The lowest BCUT2D eigenvalue weighted by atomic mass is 9.88. The van der Waals surface area contributed by atoms with Crippen LogP contribution in [-0.2, 0) is 0 Å². The van der Waals surface area contributed by atoms with E-state index in [1.165, 1.54) is 7.11 Å². The molecule has 1 amide bonds. The van der Waals surface area contributed by atoms with Crippen molar-refractivity contribution < 1.29 is 18.7 Å². The Morgan fingerprint density at radius 2 is 2.08 bits per heavy atom. The number of methoxy groups -OCH3 is 1. The molecule has 1 aliphatic heterocycles. The third kappa shape index (κ3) is 3.71. The van der Waals surface area contributed by atoms with Crippen molar-refractivity contribution >= 4 is 23.3 Å². The largest absolute Gasteiger partial charge is 0.468 e. The lowest BCUT2D eigenvalue weighted by Gasteiger charge is -2.31. The van der Waals surface area contributed by atoms with E-state index >= 15 is 0 Å². The first-order valence-corrected chi connectivity index (χ1v) is 8.61. The predicted molar refractivity (Wildman–Crippen MR) is 94.4 cm³/mol. The maximum absolute atomic E-state index is 12.9. The molecule has 132 valence electrons. The molecule has 1 aromatic heterocycles. The molecule has 5 nitrogen and oxygen atoms in total. The van der Waals surface area contributed by atoms with Gasteiger partial charge in [0.15, 0.2) is 11.5 Å². The van der Waals surface area contributed by atoms with E-state index < -0.39 is 0 Å². The van der Waals surface area contributed by atoms with Crippen molar-refractivity contribution in [3.05, 3.63) is 52.2 Å². The number of piperidine rings is 1. The van der Waals surface area contributed by atoms with Gasteiger partial charge in [-0.05, 0) is 49.6 Å². The van der Waals surface area contributed by atoms with Crippen molar-refractivity contribution in [2.45, 2.75) is 19.8 Å². The maximum atomic E-state index is 12.9. The molecule has 0 N–H and O–H groups in total. The molecule has 0 unspecified atom stereocenters. The number of hydrogen-bond donors (Lipinski definition) is 0. The summed E-state index contributed by atoms with van der Waals surface area (Å²) in [6.45, 7) is 2.88. The zero-order valence-electron chi connectivity index (χ0n) is 14.3. The van der Waals surface area contributed by atoms with E-state index in [0.717, 1.165) is 18.4 Å². The van der Waals surface area contributed by atoms with Crippen LogP contribution in [0, 0.1) is 12.8 Å². The van der Waals surface area contributed by atoms with Crippen LogP contribution in [-0.4, -0.2) is 36.8 Å². The van der Waals surface area contributed by atoms with Crippen LogP contribution in [0.1, 0.15) is 39.3 Å². The molecule has 1 saturated heterocycles. The Morgan fingerprint density at radius 3 is 2.76 bits per heavy atom. The van der Waals surface area contributed by atoms with Gasteiger partial charge in [0.25, 0.3) is 11.9 Å². The molecule has 0 aliphatic carbocycles. The molecule has 0 saturated carbocycles. The fraction of sp³-hybridized carbons (Fsp3) is 0.368. The minimum Gasteiger partial charge on any atom is -0.468 e. The van der Waals surface area contributed by atoms with Gasteiger partial charge in [0, 0.05) is 35.7 Å². The van der Waals surface area contributed by atoms with Crippen molar-refractivity contribution in [2.75, 3.05) is 20.2 Å². The number of Topliss-reactive ketones (excluding diaryl/α,β-unsaturated/α-hetero) is 1. The summed E-state index contributed by atoms with van der Waals surface area (Å²) in [4.78, 5) is 27.1. The summed E-state index contributed by atoms with van der Waals surface area (Å²) in [5.74, 6) is 0.157. The van der Waals surface area contributed by atoms with Crippen LogP contribution in [0.2, 0.25) is 5.02 Å². The molecule has 0 bridgehead atoms. The quantitative estimate of drug-likeness (QED) is 0.773. The molecule has 25 heavy (non-hydrogen) atoms. The average molecular weight is 362 g/mol. The van der Waals surface area contributed by atoms with Gasteiger partial charge in [0.1, 0.15) is 0 Å². The number of likely N-dealkylation sites (tertiary alicyclic amines) is 1. The number of furan rings is 1. The van der Waals surface area contributed by atoms with E-state index in [1.807, 2.05) is 6.92 Å². The lowest BCUT2D eigenvalue weighted by molar-refractivity contribution is 0.0605. The standard InChI is InChI=1S/C19H20ClNO4/c1-12-10-14(20)5-6-15(12)18(22)13-4-3-9-21(11-13)19(23)16-7-8-17(24-2)25-16/h5-8,10,13H,3-4,9,11H2,1-2H3/t13-/m1/s1. The maximum Gasteiger partial charge on any atom is 0.289 e. The molecule has 1 fully saturated rings. The summed E-state index contributed by atoms with van der Waals surface area (Å²) in [5, 5.41) is 0.612. The molecular formula is C19H20ClNO4. The van der Waals surface area contributed by atoms with Crippen molar-refractivity contribution in [1.82, 2.24) is 4.90 Å². The molecule has 2 heterocycles. The van der Waals surface area contributed by atoms with Crippen molar-refractivity contribution in [1.29, 1.82) is 0 Å². The lowest BCUT2D eigenvalue weighted by Crippen LogP contribution is -2.42. The minimum absolute atomic E-state index is 0.0590. The van der Waals surface area contributed by atoms with Gasteiger partial charge >= 0.3 is 0 Å². The Bertz CT molecular complexity index is 798. The Morgan fingerprint density at radius 1 is 1.28 bits per heavy atom. The number of halogens is 1. The molecular weight excluding hydrogens is 342 g/mol. The number of aryl methyl sites for hydroxylation is 1. The normalized spacial score (nSPS) is 17.4. The number of carbonyl (C=O) groups is 2. The van der Waals surface area contributed by atoms with Gasteiger partial charge in [-0.25, -0.2) is 0 Å². The number of carbonyl (C=O) groups excluding carboxylic acids is 2. The van der Waals surface area contributed by atoms with Crippen LogP contribution in [0.5, 0.6) is 5.95 Å². The summed E-state index contributed by atoms with van der Waals surface area (Å²) in [7, 11) is 1.48. The Kier molecular flexibility index (Phi) is 5.13. The number of ether oxygens (including phenoxy) is 1. The van der Waals surface area contributed by atoms with Crippen LogP contribution in [0.15, 0.2) is 34.7 Å². The number of amides is 1. The molecule has 6 heteroatoms. The zero-order valence-corrected chi connectivity index (χ0v) is 15.0. The fourth-order valence-corrected chi connectivity index (χ4v) is 3.43. The van der Waals surface area contributed by atoms with Gasteiger partial charge in [0.2, 0.25) is 0 Å². The van der Waals surface area contributed by atoms with Crippen molar-refractivity contribution in [3.8, 4) is 5.95 Å². The van der Waals surface area contributed by atoms with Crippen LogP contribution in [0.3, 0.4) is 0 Å². The highest BCUT2D eigenvalue weighted by Crippen LogP contribution is 2.26. The molecule has 1 aromatic carbocycles. The summed E-state index contributed by atoms with van der Waals surface area (Å²) in [5.41, 5.74) is 1.53. The van der Waals surface area contributed by atoms with Crippen LogP contribution >= 0.6 is 11.6 Å². The Balaban J connectivity index is 1.74. The van der Waals surface area contributed by atoms with E-state index in [1.54, 1.807) is 35.2 Å². The van der Waals surface area contributed by atoms with Gasteiger partial charge in [-0.2, -0.15) is 0 Å². The summed E-state index contributed by atoms with van der Waals surface area (Å²) >= 11 is 5.97. The molecule has 1 aliphatic rings. The van der Waals surface area contributed by atoms with Crippen molar-refractivity contribution in [2.24, 2.45) is 5.92 Å². The third-order valence-electron chi connectivity index (χ3n) is 4.53. The molecule has 2 aromatic rings. The van der Waals surface area contributed by atoms with E-state index in [9.17, 15) is 9.59 Å². The van der Waals surface area contributed by atoms with Crippen LogP contribution in [0.4, 0.5) is 0 Å². The van der Waals surface area contributed by atoms with Gasteiger partial charge in [0.05, 0.1) is 7.11 Å².